The number of hydrogen-bond donors (Lipinski definition) is 1. The highest BCUT2D eigenvalue weighted by atomic mass is 16.5. The minimum Gasteiger partial charge on any atom is -0.493 e. The van der Waals surface area contributed by atoms with Crippen molar-refractivity contribution in [1.29, 1.82) is 0 Å². The Hall–Kier alpha value is -2.17. The van der Waals surface area contributed by atoms with Crippen molar-refractivity contribution in [3.05, 3.63) is 24.4 Å². The van der Waals surface area contributed by atoms with Gasteiger partial charge in [-0.2, -0.15) is 5.10 Å². The van der Waals surface area contributed by atoms with Crippen molar-refractivity contribution in [2.45, 2.75) is 12.8 Å². The largest absolute Gasteiger partial charge is 0.493 e. The van der Waals surface area contributed by atoms with Crippen LogP contribution in [0.4, 0.5) is 5.82 Å². The molecule has 2 N–H and O–H groups in total. The van der Waals surface area contributed by atoms with Gasteiger partial charge in [-0.25, -0.2) is 0 Å². The maximum atomic E-state index is 6.00. The Bertz CT molecular complexity index is 618. The topological polar surface area (TPSA) is 62.3 Å². The zero-order chi connectivity index (χ0) is 14.1. The summed E-state index contributed by atoms with van der Waals surface area (Å²) in [4.78, 5) is 0. The Balaban J connectivity index is 1.87. The van der Waals surface area contributed by atoms with Gasteiger partial charge in [-0.05, 0) is 36.5 Å². The number of rotatable bonds is 5. The molecule has 1 aliphatic carbocycles. The zero-order valence-corrected chi connectivity index (χ0v) is 11.8. The van der Waals surface area contributed by atoms with E-state index in [0.29, 0.717) is 11.7 Å². The van der Waals surface area contributed by atoms with Gasteiger partial charge in [0, 0.05) is 12.6 Å². The summed E-state index contributed by atoms with van der Waals surface area (Å²) in [5, 5.41) is 4.16. The van der Waals surface area contributed by atoms with Gasteiger partial charge in [0.25, 0.3) is 0 Å². The van der Waals surface area contributed by atoms with Crippen LogP contribution in [0.2, 0.25) is 0 Å². The van der Waals surface area contributed by atoms with Gasteiger partial charge < -0.3 is 15.2 Å². The molecule has 0 radical (unpaired) electrons. The first kappa shape index (κ1) is 12.8. The molecule has 1 aromatic carbocycles. The Morgan fingerprint density at radius 2 is 2.15 bits per heavy atom. The molecule has 1 saturated carbocycles. The van der Waals surface area contributed by atoms with E-state index in [1.807, 2.05) is 25.2 Å². The predicted molar refractivity (Wildman–Crippen MR) is 77.8 cm³/mol. The average molecular weight is 273 g/mol. The van der Waals surface area contributed by atoms with Gasteiger partial charge in [-0.3, -0.25) is 4.68 Å². The van der Waals surface area contributed by atoms with Crippen molar-refractivity contribution < 1.29 is 9.47 Å². The molecule has 106 valence electrons. The molecule has 1 aliphatic rings. The molecule has 1 heterocycles. The fourth-order valence-corrected chi connectivity index (χ4v) is 2.12. The number of nitrogens with two attached hydrogens (primary N) is 1. The summed E-state index contributed by atoms with van der Waals surface area (Å²) >= 11 is 0. The average Bonchev–Trinajstić information content (AvgIpc) is 3.23. The van der Waals surface area contributed by atoms with Gasteiger partial charge in [0.1, 0.15) is 5.82 Å². The normalized spacial score (nSPS) is 14.3. The minimum atomic E-state index is 0.638. The van der Waals surface area contributed by atoms with E-state index in [0.717, 1.165) is 29.2 Å². The standard InChI is InChI=1S/C15H19N3O2/c1-18-15(16)12(8-17-18)11-5-6-13(14(7-11)19-2)20-9-10-3-4-10/h5-8,10H,3-4,9,16H2,1-2H3. The molecule has 0 saturated heterocycles. The number of aromatic nitrogens is 2. The van der Waals surface area contributed by atoms with Crippen molar-refractivity contribution >= 4 is 5.82 Å². The van der Waals surface area contributed by atoms with Crippen LogP contribution in [0.1, 0.15) is 12.8 Å². The summed E-state index contributed by atoms with van der Waals surface area (Å²) in [6.07, 6.45) is 4.30. The second-order valence-electron chi connectivity index (χ2n) is 5.19. The van der Waals surface area contributed by atoms with E-state index in [-0.39, 0.29) is 0 Å². The molecule has 5 nitrogen and oxygen atoms in total. The van der Waals surface area contributed by atoms with E-state index < -0.39 is 0 Å². The first-order valence-corrected chi connectivity index (χ1v) is 6.77. The third-order valence-electron chi connectivity index (χ3n) is 3.63. The number of ether oxygens (including phenoxy) is 2. The third kappa shape index (κ3) is 2.43. The Morgan fingerprint density at radius 1 is 1.35 bits per heavy atom. The highest BCUT2D eigenvalue weighted by Crippen LogP contribution is 2.36. The van der Waals surface area contributed by atoms with E-state index in [9.17, 15) is 0 Å². The molecule has 1 fully saturated rings. The molecule has 3 rings (SSSR count). The highest BCUT2D eigenvalue weighted by Gasteiger charge is 2.22. The molecule has 0 spiro atoms. The zero-order valence-electron chi connectivity index (χ0n) is 11.8. The second-order valence-corrected chi connectivity index (χ2v) is 5.19. The van der Waals surface area contributed by atoms with Crippen LogP contribution in [0.5, 0.6) is 11.5 Å². The molecule has 20 heavy (non-hydrogen) atoms. The first-order chi connectivity index (χ1) is 9.69. The number of aryl methyl sites for hydroxylation is 1. The summed E-state index contributed by atoms with van der Waals surface area (Å²) in [5.41, 5.74) is 7.88. The quantitative estimate of drug-likeness (QED) is 0.909. The monoisotopic (exact) mass is 273 g/mol. The third-order valence-corrected chi connectivity index (χ3v) is 3.63. The van der Waals surface area contributed by atoms with Crippen LogP contribution in [0.3, 0.4) is 0 Å². The first-order valence-electron chi connectivity index (χ1n) is 6.77. The maximum Gasteiger partial charge on any atom is 0.161 e. The van der Waals surface area contributed by atoms with Gasteiger partial charge in [-0.15, -0.1) is 0 Å². The number of nitrogen functional groups attached to an aromatic ring is 1. The molecule has 2 aromatic rings. The maximum absolute atomic E-state index is 6.00. The fourth-order valence-electron chi connectivity index (χ4n) is 2.12. The Kier molecular flexibility index (Phi) is 3.26. The smallest absolute Gasteiger partial charge is 0.161 e. The molecule has 0 amide bonds. The van der Waals surface area contributed by atoms with E-state index >= 15 is 0 Å². The summed E-state index contributed by atoms with van der Waals surface area (Å²) in [6.45, 7) is 0.769. The van der Waals surface area contributed by atoms with Crippen molar-refractivity contribution in [2.75, 3.05) is 19.5 Å². The Morgan fingerprint density at radius 3 is 2.75 bits per heavy atom. The van der Waals surface area contributed by atoms with Crippen molar-refractivity contribution in [2.24, 2.45) is 13.0 Å². The molecule has 5 heteroatoms. The van der Waals surface area contributed by atoms with Crippen molar-refractivity contribution in [3.8, 4) is 22.6 Å². The van der Waals surface area contributed by atoms with Crippen LogP contribution >= 0.6 is 0 Å². The van der Waals surface area contributed by atoms with Crippen LogP contribution in [-0.4, -0.2) is 23.5 Å². The van der Waals surface area contributed by atoms with Crippen LogP contribution in [-0.2, 0) is 7.05 Å². The van der Waals surface area contributed by atoms with Gasteiger partial charge >= 0.3 is 0 Å². The van der Waals surface area contributed by atoms with Gasteiger partial charge in [-0.1, -0.05) is 6.07 Å². The van der Waals surface area contributed by atoms with Gasteiger partial charge in [0.2, 0.25) is 0 Å². The van der Waals surface area contributed by atoms with Crippen LogP contribution < -0.4 is 15.2 Å². The molecule has 1 aromatic heterocycles. The van der Waals surface area contributed by atoms with Crippen LogP contribution in [0, 0.1) is 5.92 Å². The van der Waals surface area contributed by atoms with Gasteiger partial charge in [0.15, 0.2) is 11.5 Å². The number of methoxy groups -OCH3 is 1. The van der Waals surface area contributed by atoms with E-state index in [4.69, 9.17) is 15.2 Å². The van der Waals surface area contributed by atoms with E-state index in [1.165, 1.54) is 12.8 Å². The lowest BCUT2D eigenvalue weighted by molar-refractivity contribution is 0.280. The lowest BCUT2D eigenvalue weighted by atomic mass is 10.1. The molecular weight excluding hydrogens is 254 g/mol. The number of anilines is 1. The lowest BCUT2D eigenvalue weighted by Gasteiger charge is -2.12. The Labute approximate surface area is 118 Å². The molecule has 0 atom stereocenters. The van der Waals surface area contributed by atoms with E-state index in [1.54, 1.807) is 18.0 Å². The number of benzene rings is 1. The lowest BCUT2D eigenvalue weighted by Crippen LogP contribution is -2.01. The van der Waals surface area contributed by atoms with Crippen molar-refractivity contribution in [1.82, 2.24) is 9.78 Å². The fraction of sp³-hybridized carbons (Fsp3) is 0.400. The summed E-state index contributed by atoms with van der Waals surface area (Å²) in [6, 6.07) is 5.86. The van der Waals surface area contributed by atoms with Crippen molar-refractivity contribution in [3.63, 3.8) is 0 Å². The molecule has 0 aliphatic heterocycles. The number of hydrogen-bond acceptors (Lipinski definition) is 4. The van der Waals surface area contributed by atoms with Crippen LogP contribution in [0.15, 0.2) is 24.4 Å². The summed E-state index contributed by atoms with van der Waals surface area (Å²) in [7, 11) is 3.47. The van der Waals surface area contributed by atoms with Gasteiger partial charge in [0.05, 0.1) is 19.9 Å². The molecular formula is C15H19N3O2. The number of nitrogens with zero attached hydrogens (tertiary/aromatic N) is 2. The second kappa shape index (κ2) is 5.07. The van der Waals surface area contributed by atoms with Crippen LogP contribution in [0.25, 0.3) is 11.1 Å². The summed E-state index contributed by atoms with van der Waals surface area (Å²) in [5.74, 6) is 2.86. The minimum absolute atomic E-state index is 0.638. The molecule has 0 bridgehead atoms. The summed E-state index contributed by atoms with van der Waals surface area (Å²) < 4.78 is 12.9. The highest BCUT2D eigenvalue weighted by molar-refractivity contribution is 5.75. The molecule has 0 unspecified atom stereocenters. The predicted octanol–water partition coefficient (Wildman–Crippen LogP) is 2.47. The van der Waals surface area contributed by atoms with E-state index in [2.05, 4.69) is 5.10 Å². The SMILES string of the molecule is COc1cc(-c2cnn(C)c2N)ccc1OCC1CC1.